The minimum Gasteiger partial charge on any atom is -0.472 e. The van der Waals surface area contributed by atoms with Gasteiger partial charge in [-0.1, -0.05) is 81.6 Å². The fourth-order valence-electron chi connectivity index (χ4n) is 7.36. The van der Waals surface area contributed by atoms with E-state index in [1.807, 2.05) is 66.7 Å². The number of hydrogen-bond acceptors (Lipinski definition) is 15. The third kappa shape index (κ3) is 11.9. The van der Waals surface area contributed by atoms with E-state index in [1.165, 1.54) is 0 Å². The minimum absolute atomic E-state index is 0.279. The minimum atomic E-state index is -1.19. The summed E-state index contributed by atoms with van der Waals surface area (Å²) in [6, 6.07) is 32.0. The first-order chi connectivity index (χ1) is 31.4. The molecule has 2 heterocycles. The molecule has 4 aromatic carbocycles. The highest BCUT2D eigenvalue weighted by Crippen LogP contribution is 2.48. The SMILES string of the molecule is CCOC(=O)c1ccc2c(c1)N(CCCSOOO)/C(=C/C=C1\CCC(/C=C/c3sc4ccc(C#CC(=O)O)cc4[n+]3CCCSOOO)=C1N(c1ccccc1)c1ccccc1)S2. The van der Waals surface area contributed by atoms with Crippen molar-refractivity contribution in [1.29, 1.82) is 0 Å². The molecule has 0 radical (unpaired) electrons. The molecule has 5 aromatic rings. The number of esters is 1. The van der Waals surface area contributed by atoms with Crippen molar-refractivity contribution in [2.75, 3.05) is 34.5 Å². The highest BCUT2D eigenvalue weighted by molar-refractivity contribution is 8.03. The van der Waals surface area contributed by atoms with Gasteiger partial charge in [0.1, 0.15) is 4.70 Å². The van der Waals surface area contributed by atoms with Crippen LogP contribution in [0.4, 0.5) is 17.1 Å². The number of anilines is 3. The van der Waals surface area contributed by atoms with Crippen LogP contribution in [-0.2, 0) is 34.8 Å². The van der Waals surface area contributed by atoms with Gasteiger partial charge < -0.3 is 19.6 Å². The smallest absolute Gasteiger partial charge is 0.382 e. The van der Waals surface area contributed by atoms with Crippen molar-refractivity contribution in [1.82, 2.24) is 0 Å². The van der Waals surface area contributed by atoms with Gasteiger partial charge in [0.05, 0.1) is 28.6 Å². The molecule has 1 aliphatic carbocycles. The molecule has 17 heteroatoms. The lowest BCUT2D eigenvalue weighted by Crippen LogP contribution is -2.35. The first-order valence-corrected chi connectivity index (χ1v) is 23.7. The molecule has 3 N–H and O–H groups in total. The molecule has 0 unspecified atom stereocenters. The van der Waals surface area contributed by atoms with Crippen molar-refractivity contribution in [2.24, 2.45) is 0 Å². The van der Waals surface area contributed by atoms with Crippen molar-refractivity contribution in [2.45, 2.75) is 44.0 Å². The summed E-state index contributed by atoms with van der Waals surface area (Å²) in [6.07, 6.45) is 11.6. The summed E-state index contributed by atoms with van der Waals surface area (Å²) in [5.74, 6) is 4.50. The first kappa shape index (κ1) is 46.6. The number of carboxylic acid groups (broad SMARTS) is 1. The van der Waals surface area contributed by atoms with E-state index in [4.69, 9.17) is 15.3 Å². The summed E-state index contributed by atoms with van der Waals surface area (Å²) in [5.41, 5.74) is 8.28. The van der Waals surface area contributed by atoms with E-state index < -0.39 is 5.97 Å². The number of allylic oxidation sites excluding steroid dienone is 5. The summed E-state index contributed by atoms with van der Waals surface area (Å²) < 4.78 is 17.8. The number of aromatic nitrogens is 1. The molecular formula is C47H44N3O10S4+. The Labute approximate surface area is 387 Å². The predicted octanol–water partition coefficient (Wildman–Crippen LogP) is 11.0. The number of carbonyl (C=O) groups excluding carboxylic acids is 1. The predicted molar refractivity (Wildman–Crippen MR) is 252 cm³/mol. The number of thioether (sulfide) groups is 1. The Morgan fingerprint density at radius 1 is 0.875 bits per heavy atom. The van der Waals surface area contributed by atoms with E-state index in [-0.39, 0.29) is 12.6 Å². The van der Waals surface area contributed by atoms with Crippen LogP contribution in [-0.4, -0.2) is 52.2 Å². The zero-order valence-corrected chi connectivity index (χ0v) is 37.9. The molecule has 64 heavy (non-hydrogen) atoms. The van der Waals surface area contributed by atoms with E-state index >= 15 is 0 Å². The zero-order chi connectivity index (χ0) is 44.7. The van der Waals surface area contributed by atoms with Gasteiger partial charge in [0.15, 0.2) is 6.54 Å². The number of aliphatic carboxylic acids is 1. The van der Waals surface area contributed by atoms with Crippen molar-refractivity contribution in [3.05, 3.63) is 153 Å². The van der Waals surface area contributed by atoms with Gasteiger partial charge in [-0.15, -0.1) is 8.67 Å². The molecule has 1 aliphatic heterocycles. The van der Waals surface area contributed by atoms with Crippen LogP contribution in [0, 0.1) is 11.8 Å². The van der Waals surface area contributed by atoms with Gasteiger partial charge in [0, 0.05) is 88.5 Å². The van der Waals surface area contributed by atoms with Crippen molar-refractivity contribution >= 4 is 92.5 Å². The van der Waals surface area contributed by atoms with Gasteiger partial charge in [-0.2, -0.15) is 4.57 Å². The lowest BCUT2D eigenvalue weighted by atomic mass is 10.1. The number of hydrogen-bond donors (Lipinski definition) is 3. The number of rotatable bonds is 20. The number of ether oxygens (including phenoxy) is 1. The highest BCUT2D eigenvalue weighted by atomic mass is 32.2. The van der Waals surface area contributed by atoms with Crippen LogP contribution in [0.3, 0.4) is 0 Å². The fourth-order valence-corrected chi connectivity index (χ4v) is 10.2. The van der Waals surface area contributed by atoms with Gasteiger partial charge in [-0.25, -0.2) is 20.1 Å². The Bertz CT molecular complexity index is 2580. The number of nitrogens with zero attached hydrogens (tertiary/aromatic N) is 3. The maximum Gasteiger partial charge on any atom is 0.382 e. The summed E-state index contributed by atoms with van der Waals surface area (Å²) >= 11 is 5.28. The van der Waals surface area contributed by atoms with E-state index in [0.29, 0.717) is 48.6 Å². The molecule has 0 spiro atoms. The molecular weight excluding hydrogens is 895 g/mol. The molecule has 0 bridgehead atoms. The molecule has 13 nitrogen and oxygen atoms in total. The Hall–Kier alpha value is -5.36. The zero-order valence-electron chi connectivity index (χ0n) is 34.6. The van der Waals surface area contributed by atoms with Gasteiger partial charge >= 0.3 is 11.9 Å². The molecule has 0 fully saturated rings. The van der Waals surface area contributed by atoms with Crippen LogP contribution < -0.4 is 14.4 Å². The number of thiazole rings is 1. The van der Waals surface area contributed by atoms with Crippen LogP contribution in [0.5, 0.6) is 0 Å². The Morgan fingerprint density at radius 3 is 2.28 bits per heavy atom. The van der Waals surface area contributed by atoms with Gasteiger partial charge in [-0.05, 0) is 104 Å². The lowest BCUT2D eigenvalue weighted by Gasteiger charge is -2.28. The Balaban J connectivity index is 1.32. The van der Waals surface area contributed by atoms with Crippen LogP contribution in [0.2, 0.25) is 0 Å². The maximum atomic E-state index is 12.8. The molecule has 2 aliphatic rings. The van der Waals surface area contributed by atoms with Gasteiger partial charge in [-0.3, -0.25) is 0 Å². The third-order valence-corrected chi connectivity index (χ3v) is 13.5. The van der Waals surface area contributed by atoms with Gasteiger partial charge in [0.25, 0.3) is 5.01 Å². The van der Waals surface area contributed by atoms with E-state index in [1.54, 1.807) is 36.1 Å². The normalized spacial score (nSPS) is 14.8. The fraction of sp³-hybridized carbons (Fsp3) is 0.213. The second-order valence-electron chi connectivity index (χ2n) is 14.0. The standard InChI is InChI=1S/C47H43N3O10S4/c1-2-56-47(53)36-19-23-42-40(32-36)49(28-10-30-62-60-58-55)44(64-42)25-21-35-18-17-34(46(35)50(37-11-5-3-6-12-37)38-13-7-4-8-14-38)20-24-43-48(27-9-29-61-59-57-54)39-31-33(16-26-45(51)52)15-22-41(39)63-43/h3-8,11-15,19-25,31-32H,2,9-10,17-18,27-30H2,1H3,(H2-,51,52,54,55)/p+1. The second kappa shape index (κ2) is 23.5. The largest absolute Gasteiger partial charge is 0.472 e. The number of aryl methyl sites for hydroxylation is 1. The molecule has 0 atom stereocenters. The van der Waals surface area contributed by atoms with E-state index in [9.17, 15) is 14.7 Å². The molecule has 0 saturated heterocycles. The number of carbonyl (C=O) groups is 2. The lowest BCUT2D eigenvalue weighted by molar-refractivity contribution is -0.668. The average molecular weight is 939 g/mol. The van der Waals surface area contributed by atoms with Crippen LogP contribution in [0.15, 0.2) is 142 Å². The first-order valence-electron chi connectivity index (χ1n) is 20.3. The Kier molecular flexibility index (Phi) is 17.1. The van der Waals surface area contributed by atoms with E-state index in [2.05, 4.69) is 93.5 Å². The van der Waals surface area contributed by atoms with Crippen LogP contribution >= 0.6 is 47.2 Å². The topological polar surface area (TPSA) is 151 Å². The number of carboxylic acids is 1. The van der Waals surface area contributed by atoms with Crippen molar-refractivity contribution in [3.8, 4) is 11.8 Å². The monoisotopic (exact) mass is 938 g/mol. The van der Waals surface area contributed by atoms with Crippen LogP contribution in [0.25, 0.3) is 16.3 Å². The summed E-state index contributed by atoms with van der Waals surface area (Å²) in [5, 5.41) is 36.0. The number of para-hydroxylation sites is 2. The van der Waals surface area contributed by atoms with E-state index in [0.717, 1.165) is 96.0 Å². The highest BCUT2D eigenvalue weighted by Gasteiger charge is 2.29. The molecule has 7 rings (SSSR count). The average Bonchev–Trinajstić information content (AvgIpc) is 3.99. The molecule has 330 valence electrons. The molecule has 0 saturated carbocycles. The number of fused-ring (bicyclic) bond motifs is 2. The second-order valence-corrected chi connectivity index (χ2v) is 17.7. The Morgan fingerprint density at radius 2 is 1.59 bits per heavy atom. The summed E-state index contributed by atoms with van der Waals surface area (Å²) in [4.78, 5) is 29.6. The van der Waals surface area contributed by atoms with Crippen LogP contribution in [0.1, 0.15) is 53.5 Å². The molecule has 1 aromatic heterocycles. The molecule has 0 amide bonds. The van der Waals surface area contributed by atoms with Gasteiger partial charge in [0.2, 0.25) is 5.52 Å². The third-order valence-electron chi connectivity index (χ3n) is 10.0. The summed E-state index contributed by atoms with van der Waals surface area (Å²) in [7, 11) is 0. The van der Waals surface area contributed by atoms with Crippen molar-refractivity contribution < 1.29 is 53.3 Å². The number of benzene rings is 4. The quantitative estimate of drug-likeness (QED) is 0.0129. The summed E-state index contributed by atoms with van der Waals surface area (Å²) in [6.45, 7) is 3.29. The maximum absolute atomic E-state index is 12.8. The van der Waals surface area contributed by atoms with Crippen molar-refractivity contribution in [3.63, 3.8) is 0 Å².